The molecule has 5 heteroatoms. The smallest absolute Gasteiger partial charge is 0.207 e. The second-order valence-corrected chi connectivity index (χ2v) is 5.45. The summed E-state index contributed by atoms with van der Waals surface area (Å²) < 4.78 is 22.4. The first-order chi connectivity index (χ1) is 6.59. The quantitative estimate of drug-likeness (QED) is 0.740. The fraction of sp³-hybridized carbons (Fsp3) is 0. The molecular formula is C10H8Cl2O2S. The van der Waals surface area contributed by atoms with Crippen molar-refractivity contribution in [1.29, 1.82) is 0 Å². The summed E-state index contributed by atoms with van der Waals surface area (Å²) in [6.45, 7) is 0. The van der Waals surface area contributed by atoms with Crippen molar-refractivity contribution in [2.24, 2.45) is 0 Å². The Morgan fingerprint density at radius 3 is 2.20 bits per heavy atom. The van der Waals surface area contributed by atoms with E-state index in [1.54, 1.807) is 18.2 Å². The van der Waals surface area contributed by atoms with Crippen LogP contribution in [0.15, 0.2) is 47.4 Å². The Morgan fingerprint density at radius 2 is 1.53 bits per heavy atom. The van der Waals surface area contributed by atoms with Gasteiger partial charge in [-0.05, 0) is 11.5 Å². The minimum absolute atomic E-state index is 0. The molecule has 0 aliphatic rings. The number of halogens is 2. The molecule has 2 aromatic rings. The molecule has 2 nitrogen and oxygen atoms in total. The van der Waals surface area contributed by atoms with Crippen molar-refractivity contribution in [2.45, 2.75) is 4.90 Å². The van der Waals surface area contributed by atoms with Crippen LogP contribution in [0, 0.1) is 0 Å². The Labute approximate surface area is 98.7 Å². The van der Waals surface area contributed by atoms with E-state index < -0.39 is 9.05 Å². The Hall–Kier alpha value is -0.770. The third-order valence-corrected chi connectivity index (χ3v) is 3.39. The van der Waals surface area contributed by atoms with E-state index in [1.165, 1.54) is 6.07 Å². The van der Waals surface area contributed by atoms with Crippen molar-refractivity contribution < 1.29 is 8.42 Å². The standard InChI is InChI=1S/C10H7ClO2S.ClH/c11-14(12,13)10-7-3-5-8-4-1-2-6-9(8)10;/h1-7H;1H. The highest BCUT2D eigenvalue weighted by molar-refractivity contribution is 8.14. The summed E-state index contributed by atoms with van der Waals surface area (Å²) in [7, 11) is 1.65. The molecule has 0 saturated heterocycles. The van der Waals surface area contributed by atoms with E-state index in [0.29, 0.717) is 5.39 Å². The predicted molar refractivity (Wildman–Crippen MR) is 64.2 cm³/mol. The van der Waals surface area contributed by atoms with Crippen LogP contribution in [0.25, 0.3) is 10.8 Å². The van der Waals surface area contributed by atoms with Crippen molar-refractivity contribution >= 4 is 42.9 Å². The first kappa shape index (κ1) is 12.3. The van der Waals surface area contributed by atoms with E-state index in [4.69, 9.17) is 10.7 Å². The summed E-state index contributed by atoms with van der Waals surface area (Å²) >= 11 is 0. The molecule has 0 amide bonds. The van der Waals surface area contributed by atoms with Crippen molar-refractivity contribution in [2.75, 3.05) is 0 Å². The maximum Gasteiger partial charge on any atom is 0.261 e. The molecule has 0 aliphatic heterocycles. The van der Waals surface area contributed by atoms with Gasteiger partial charge in [0.1, 0.15) is 0 Å². The van der Waals surface area contributed by atoms with Crippen molar-refractivity contribution in [3.05, 3.63) is 42.5 Å². The van der Waals surface area contributed by atoms with Crippen LogP contribution in [0.5, 0.6) is 0 Å². The van der Waals surface area contributed by atoms with Gasteiger partial charge in [-0.3, -0.25) is 0 Å². The first-order valence-electron chi connectivity index (χ1n) is 4.01. The number of fused-ring (bicyclic) bond motifs is 1. The molecule has 2 rings (SSSR count). The lowest BCUT2D eigenvalue weighted by molar-refractivity contribution is 0.610. The van der Waals surface area contributed by atoms with Gasteiger partial charge < -0.3 is 0 Å². The molecule has 0 fully saturated rings. The van der Waals surface area contributed by atoms with Gasteiger partial charge in [0.25, 0.3) is 9.05 Å². The molecule has 0 radical (unpaired) electrons. The summed E-state index contributed by atoms with van der Waals surface area (Å²) in [6, 6.07) is 12.3. The zero-order valence-electron chi connectivity index (χ0n) is 7.55. The van der Waals surface area contributed by atoms with Crippen molar-refractivity contribution in [3.8, 4) is 0 Å². The summed E-state index contributed by atoms with van der Waals surface area (Å²) in [4.78, 5) is 0.164. The largest absolute Gasteiger partial charge is 0.261 e. The molecule has 80 valence electrons. The van der Waals surface area contributed by atoms with Crippen LogP contribution in [0.2, 0.25) is 0 Å². The fourth-order valence-corrected chi connectivity index (χ4v) is 2.50. The minimum Gasteiger partial charge on any atom is -0.207 e. The fourth-order valence-electron chi connectivity index (χ4n) is 1.41. The lowest BCUT2D eigenvalue weighted by Crippen LogP contribution is -1.91. The molecule has 0 saturated carbocycles. The van der Waals surface area contributed by atoms with Crippen molar-refractivity contribution in [1.82, 2.24) is 0 Å². The Balaban J connectivity index is 0.00000112. The van der Waals surface area contributed by atoms with E-state index in [9.17, 15) is 8.42 Å². The van der Waals surface area contributed by atoms with Crippen LogP contribution in [0.3, 0.4) is 0 Å². The van der Waals surface area contributed by atoms with Crippen LogP contribution >= 0.6 is 23.1 Å². The van der Waals surface area contributed by atoms with Gasteiger partial charge in [0.2, 0.25) is 0 Å². The molecule has 0 bridgehead atoms. The molecular weight excluding hydrogens is 255 g/mol. The summed E-state index contributed by atoms with van der Waals surface area (Å²) in [5.74, 6) is 0. The molecule has 0 unspecified atom stereocenters. The Kier molecular flexibility index (Phi) is 3.60. The maximum absolute atomic E-state index is 11.2. The van der Waals surface area contributed by atoms with E-state index in [-0.39, 0.29) is 17.3 Å². The Bertz CT molecular complexity index is 573. The molecule has 0 aliphatic carbocycles. The second kappa shape index (κ2) is 4.39. The third-order valence-electron chi connectivity index (χ3n) is 2.01. The highest BCUT2D eigenvalue weighted by atomic mass is 35.7. The normalized spacial score (nSPS) is 11.0. The van der Waals surface area contributed by atoms with Crippen LogP contribution in [-0.2, 0) is 9.05 Å². The van der Waals surface area contributed by atoms with Gasteiger partial charge in [0, 0.05) is 16.1 Å². The predicted octanol–water partition coefficient (Wildman–Crippen LogP) is 3.19. The van der Waals surface area contributed by atoms with Crippen LogP contribution < -0.4 is 0 Å². The van der Waals surface area contributed by atoms with Crippen molar-refractivity contribution in [3.63, 3.8) is 0 Å². The van der Waals surface area contributed by atoms with Gasteiger partial charge in [-0.1, -0.05) is 36.4 Å². The average molecular weight is 263 g/mol. The Morgan fingerprint density at radius 1 is 0.933 bits per heavy atom. The number of benzene rings is 2. The molecule has 0 N–H and O–H groups in total. The third kappa shape index (κ3) is 2.43. The van der Waals surface area contributed by atoms with E-state index in [0.717, 1.165) is 5.39 Å². The van der Waals surface area contributed by atoms with Gasteiger partial charge in [0.15, 0.2) is 0 Å². The van der Waals surface area contributed by atoms with Gasteiger partial charge in [-0.25, -0.2) is 8.42 Å². The van der Waals surface area contributed by atoms with Crippen LogP contribution in [0.4, 0.5) is 0 Å². The lowest BCUT2D eigenvalue weighted by atomic mass is 10.1. The number of rotatable bonds is 1. The lowest BCUT2D eigenvalue weighted by Gasteiger charge is -2.01. The minimum atomic E-state index is -3.66. The summed E-state index contributed by atoms with van der Waals surface area (Å²) in [5, 5.41) is 1.53. The highest BCUT2D eigenvalue weighted by Crippen LogP contribution is 2.25. The second-order valence-electron chi connectivity index (χ2n) is 2.92. The van der Waals surface area contributed by atoms with E-state index in [1.807, 2.05) is 18.2 Å². The summed E-state index contributed by atoms with van der Waals surface area (Å²) in [6.07, 6.45) is 0. The molecule has 15 heavy (non-hydrogen) atoms. The molecule has 0 heterocycles. The van der Waals surface area contributed by atoms with Gasteiger partial charge in [-0.2, -0.15) is 0 Å². The zero-order valence-corrected chi connectivity index (χ0v) is 9.94. The molecule has 0 spiro atoms. The van der Waals surface area contributed by atoms with Crippen LogP contribution in [-0.4, -0.2) is 8.42 Å². The number of hydrogen-bond donors (Lipinski definition) is 0. The topological polar surface area (TPSA) is 34.1 Å². The zero-order chi connectivity index (χ0) is 10.2. The van der Waals surface area contributed by atoms with Crippen LogP contribution in [0.1, 0.15) is 0 Å². The average Bonchev–Trinajstić information content (AvgIpc) is 2.15. The van der Waals surface area contributed by atoms with Gasteiger partial charge >= 0.3 is 0 Å². The maximum atomic E-state index is 11.2. The van der Waals surface area contributed by atoms with E-state index >= 15 is 0 Å². The molecule has 0 atom stereocenters. The SMILES string of the molecule is Cl.O=S(=O)(Cl)c1cccc2ccccc12. The summed E-state index contributed by atoms with van der Waals surface area (Å²) in [5.41, 5.74) is 0. The van der Waals surface area contributed by atoms with E-state index in [2.05, 4.69) is 0 Å². The highest BCUT2D eigenvalue weighted by Gasteiger charge is 2.12. The molecule has 0 aromatic heterocycles. The first-order valence-corrected chi connectivity index (χ1v) is 6.32. The molecule has 2 aromatic carbocycles. The monoisotopic (exact) mass is 262 g/mol. The number of hydrogen-bond acceptors (Lipinski definition) is 2. The van der Waals surface area contributed by atoms with Gasteiger partial charge in [0.05, 0.1) is 4.90 Å². The van der Waals surface area contributed by atoms with Gasteiger partial charge in [-0.15, -0.1) is 12.4 Å².